The highest BCUT2D eigenvalue weighted by atomic mass is 19.1. The molecule has 2 amide bonds. The van der Waals surface area contributed by atoms with Crippen molar-refractivity contribution < 1.29 is 14.0 Å². The first-order valence-electron chi connectivity index (χ1n) is 8.65. The number of carbonyl (C=O) groups excluding carboxylic acids is 2. The van der Waals surface area contributed by atoms with Gasteiger partial charge in [0.2, 0.25) is 5.91 Å². The number of hydrogen-bond donors (Lipinski definition) is 1. The van der Waals surface area contributed by atoms with Crippen molar-refractivity contribution in [2.45, 2.75) is 6.92 Å². The smallest absolute Gasteiger partial charge is 0.253 e. The standard InChI is InChI=1S/C20H22FN3O2/c1-15-7-8-17(21)13-18(15)22-19(25)14-23-9-11-24(12-10-23)20(26)16-5-3-2-4-6-16/h2-8,13H,9-12,14H2,1H3,(H,22,25). The molecule has 0 spiro atoms. The van der Waals surface area contributed by atoms with Gasteiger partial charge in [0, 0.05) is 37.4 Å². The number of carbonyl (C=O) groups is 2. The molecule has 26 heavy (non-hydrogen) atoms. The van der Waals surface area contributed by atoms with E-state index in [1.807, 2.05) is 42.2 Å². The predicted molar refractivity (Wildman–Crippen MR) is 98.6 cm³/mol. The van der Waals surface area contributed by atoms with Crippen LogP contribution >= 0.6 is 0 Å². The number of hydrogen-bond acceptors (Lipinski definition) is 3. The number of nitrogens with zero attached hydrogens (tertiary/aromatic N) is 2. The summed E-state index contributed by atoms with van der Waals surface area (Å²) in [5.41, 5.74) is 1.99. The van der Waals surface area contributed by atoms with E-state index in [9.17, 15) is 14.0 Å². The molecule has 0 bridgehead atoms. The van der Waals surface area contributed by atoms with Crippen LogP contribution in [0.2, 0.25) is 0 Å². The van der Waals surface area contributed by atoms with E-state index in [0.717, 1.165) is 5.56 Å². The fourth-order valence-corrected chi connectivity index (χ4v) is 2.99. The molecule has 136 valence electrons. The van der Waals surface area contributed by atoms with E-state index in [1.54, 1.807) is 11.0 Å². The molecule has 1 saturated heterocycles. The average molecular weight is 355 g/mol. The highest BCUT2D eigenvalue weighted by molar-refractivity contribution is 5.94. The molecule has 0 unspecified atom stereocenters. The number of aryl methyl sites for hydroxylation is 1. The van der Waals surface area contributed by atoms with Gasteiger partial charge in [-0.3, -0.25) is 14.5 Å². The summed E-state index contributed by atoms with van der Waals surface area (Å²) in [5, 5.41) is 2.76. The molecule has 0 aromatic heterocycles. The van der Waals surface area contributed by atoms with Gasteiger partial charge in [0.05, 0.1) is 6.54 Å². The third kappa shape index (κ3) is 4.46. The van der Waals surface area contributed by atoms with Gasteiger partial charge in [-0.1, -0.05) is 24.3 Å². The number of benzene rings is 2. The molecule has 1 heterocycles. The molecule has 1 aliphatic rings. The van der Waals surface area contributed by atoms with Crippen LogP contribution in [-0.4, -0.2) is 54.3 Å². The number of rotatable bonds is 4. The monoisotopic (exact) mass is 355 g/mol. The van der Waals surface area contributed by atoms with Crippen molar-refractivity contribution in [2.75, 3.05) is 38.0 Å². The fraction of sp³-hybridized carbons (Fsp3) is 0.300. The van der Waals surface area contributed by atoms with Crippen LogP contribution in [0.15, 0.2) is 48.5 Å². The second-order valence-corrected chi connectivity index (χ2v) is 6.44. The Morgan fingerprint density at radius 1 is 1.04 bits per heavy atom. The lowest BCUT2D eigenvalue weighted by Crippen LogP contribution is -2.50. The van der Waals surface area contributed by atoms with E-state index in [-0.39, 0.29) is 24.2 Å². The lowest BCUT2D eigenvalue weighted by atomic mass is 10.2. The Kier molecular flexibility index (Phi) is 5.63. The Balaban J connectivity index is 1.50. The maximum Gasteiger partial charge on any atom is 0.253 e. The Labute approximate surface area is 152 Å². The summed E-state index contributed by atoms with van der Waals surface area (Å²) < 4.78 is 13.3. The molecule has 3 rings (SSSR count). The van der Waals surface area contributed by atoms with Crippen LogP contribution in [0, 0.1) is 12.7 Å². The number of piperazine rings is 1. The largest absolute Gasteiger partial charge is 0.336 e. The molecule has 1 fully saturated rings. The molecule has 2 aromatic carbocycles. The Hall–Kier alpha value is -2.73. The van der Waals surface area contributed by atoms with Crippen LogP contribution in [0.25, 0.3) is 0 Å². The van der Waals surface area contributed by atoms with Crippen molar-refractivity contribution in [3.8, 4) is 0 Å². The molecule has 0 saturated carbocycles. The van der Waals surface area contributed by atoms with Gasteiger partial charge >= 0.3 is 0 Å². The third-order valence-electron chi connectivity index (χ3n) is 4.52. The lowest BCUT2D eigenvalue weighted by molar-refractivity contribution is -0.117. The molecule has 5 nitrogen and oxygen atoms in total. The first kappa shape index (κ1) is 18.1. The van der Waals surface area contributed by atoms with Crippen molar-refractivity contribution in [1.82, 2.24) is 9.80 Å². The number of amides is 2. The first-order chi connectivity index (χ1) is 12.5. The summed E-state index contributed by atoms with van der Waals surface area (Å²) in [7, 11) is 0. The maximum atomic E-state index is 13.3. The quantitative estimate of drug-likeness (QED) is 0.917. The van der Waals surface area contributed by atoms with Gasteiger partial charge in [-0.15, -0.1) is 0 Å². The second-order valence-electron chi connectivity index (χ2n) is 6.44. The summed E-state index contributed by atoms with van der Waals surface area (Å²) in [6, 6.07) is 13.5. The van der Waals surface area contributed by atoms with E-state index in [0.29, 0.717) is 37.4 Å². The average Bonchev–Trinajstić information content (AvgIpc) is 2.65. The molecule has 0 aliphatic carbocycles. The molecule has 1 aliphatic heterocycles. The molecule has 0 radical (unpaired) electrons. The zero-order chi connectivity index (χ0) is 18.5. The van der Waals surface area contributed by atoms with E-state index in [2.05, 4.69) is 5.32 Å². The zero-order valence-electron chi connectivity index (χ0n) is 14.7. The summed E-state index contributed by atoms with van der Waals surface area (Å²) in [6.07, 6.45) is 0. The van der Waals surface area contributed by atoms with Crippen LogP contribution in [0.4, 0.5) is 10.1 Å². The number of halogens is 1. The molecule has 6 heteroatoms. The highest BCUT2D eigenvalue weighted by Crippen LogP contribution is 2.16. The van der Waals surface area contributed by atoms with Crippen LogP contribution < -0.4 is 5.32 Å². The molecular formula is C20H22FN3O2. The summed E-state index contributed by atoms with van der Waals surface area (Å²) in [4.78, 5) is 28.5. The Morgan fingerprint density at radius 2 is 1.73 bits per heavy atom. The van der Waals surface area contributed by atoms with Crippen LogP contribution in [0.1, 0.15) is 15.9 Å². The third-order valence-corrected chi connectivity index (χ3v) is 4.52. The van der Waals surface area contributed by atoms with Gasteiger partial charge < -0.3 is 10.2 Å². The number of anilines is 1. The van der Waals surface area contributed by atoms with Crippen molar-refractivity contribution in [3.05, 3.63) is 65.5 Å². The van der Waals surface area contributed by atoms with E-state index in [1.165, 1.54) is 12.1 Å². The minimum Gasteiger partial charge on any atom is -0.336 e. The molecule has 0 atom stereocenters. The van der Waals surface area contributed by atoms with Crippen LogP contribution in [0.3, 0.4) is 0 Å². The minimum absolute atomic E-state index is 0.0186. The highest BCUT2D eigenvalue weighted by Gasteiger charge is 2.23. The van der Waals surface area contributed by atoms with Crippen LogP contribution in [0.5, 0.6) is 0 Å². The SMILES string of the molecule is Cc1ccc(F)cc1NC(=O)CN1CCN(C(=O)c2ccccc2)CC1. The maximum absolute atomic E-state index is 13.3. The molecular weight excluding hydrogens is 333 g/mol. The van der Waals surface area contributed by atoms with Gasteiger partial charge in [0.25, 0.3) is 5.91 Å². The van der Waals surface area contributed by atoms with E-state index in [4.69, 9.17) is 0 Å². The van der Waals surface area contributed by atoms with Crippen molar-refractivity contribution >= 4 is 17.5 Å². The molecule has 2 aromatic rings. The fourth-order valence-electron chi connectivity index (χ4n) is 2.99. The number of nitrogens with one attached hydrogen (secondary N) is 1. The van der Waals surface area contributed by atoms with E-state index < -0.39 is 0 Å². The van der Waals surface area contributed by atoms with Crippen molar-refractivity contribution in [2.24, 2.45) is 0 Å². The predicted octanol–water partition coefficient (Wildman–Crippen LogP) is 2.53. The van der Waals surface area contributed by atoms with Gasteiger partial charge in [-0.05, 0) is 36.8 Å². The van der Waals surface area contributed by atoms with Crippen LogP contribution in [-0.2, 0) is 4.79 Å². The second kappa shape index (κ2) is 8.10. The summed E-state index contributed by atoms with van der Waals surface area (Å²) in [5.74, 6) is -0.537. The Bertz CT molecular complexity index is 787. The first-order valence-corrected chi connectivity index (χ1v) is 8.65. The lowest BCUT2D eigenvalue weighted by Gasteiger charge is -2.34. The van der Waals surface area contributed by atoms with E-state index >= 15 is 0 Å². The van der Waals surface area contributed by atoms with Crippen molar-refractivity contribution in [3.63, 3.8) is 0 Å². The zero-order valence-corrected chi connectivity index (χ0v) is 14.7. The van der Waals surface area contributed by atoms with Crippen molar-refractivity contribution in [1.29, 1.82) is 0 Å². The van der Waals surface area contributed by atoms with Gasteiger partial charge in [0.15, 0.2) is 0 Å². The van der Waals surface area contributed by atoms with Gasteiger partial charge in [-0.2, -0.15) is 0 Å². The van der Waals surface area contributed by atoms with Gasteiger partial charge in [-0.25, -0.2) is 4.39 Å². The van der Waals surface area contributed by atoms with Gasteiger partial charge in [0.1, 0.15) is 5.82 Å². The summed E-state index contributed by atoms with van der Waals surface area (Å²) >= 11 is 0. The molecule has 1 N–H and O–H groups in total. The normalized spacial score (nSPS) is 14.9. The summed E-state index contributed by atoms with van der Waals surface area (Å²) in [6.45, 7) is 4.48. The topological polar surface area (TPSA) is 52.7 Å². The Morgan fingerprint density at radius 3 is 2.42 bits per heavy atom. The minimum atomic E-state index is -0.376.